The van der Waals surface area contributed by atoms with E-state index in [1.807, 2.05) is 0 Å². The van der Waals surface area contributed by atoms with Gasteiger partial charge in [-0.1, -0.05) is 47.5 Å². The predicted molar refractivity (Wildman–Crippen MR) is 89.9 cm³/mol. The molecule has 2 atom stereocenters. The molecule has 0 aromatic heterocycles. The first kappa shape index (κ1) is 14.2. The molecule has 2 heteroatoms. The van der Waals surface area contributed by atoms with Crippen molar-refractivity contribution in [3.8, 4) is 0 Å². The van der Waals surface area contributed by atoms with E-state index in [9.17, 15) is 0 Å². The summed E-state index contributed by atoms with van der Waals surface area (Å²) >= 11 is 0. The number of hydrogen-bond acceptors (Lipinski definition) is 2. The van der Waals surface area contributed by atoms with Crippen molar-refractivity contribution in [1.29, 1.82) is 0 Å². The number of nitrogens with zero attached hydrogens (tertiary/aromatic N) is 1. The Morgan fingerprint density at radius 3 is 2.05 bits per heavy atom. The second-order valence-corrected chi connectivity index (χ2v) is 6.34. The van der Waals surface area contributed by atoms with Crippen LogP contribution in [-0.2, 0) is 0 Å². The molecular formula is C19H24N2. The highest BCUT2D eigenvalue weighted by Gasteiger charge is 2.26. The number of benzene rings is 2. The minimum absolute atomic E-state index is 0.242. The van der Waals surface area contributed by atoms with Gasteiger partial charge in [0.05, 0.1) is 0 Å². The highest BCUT2D eigenvalue weighted by molar-refractivity contribution is 5.49. The molecule has 1 aliphatic heterocycles. The van der Waals surface area contributed by atoms with Gasteiger partial charge in [0.15, 0.2) is 0 Å². The van der Waals surface area contributed by atoms with E-state index >= 15 is 0 Å². The fourth-order valence-electron chi connectivity index (χ4n) is 3.18. The van der Waals surface area contributed by atoms with Gasteiger partial charge in [0, 0.05) is 30.7 Å². The van der Waals surface area contributed by atoms with Gasteiger partial charge in [-0.15, -0.1) is 0 Å². The first-order chi connectivity index (χ1) is 10.1. The summed E-state index contributed by atoms with van der Waals surface area (Å²) in [6.45, 7) is 6.26. The zero-order valence-electron chi connectivity index (χ0n) is 12.9. The Hall–Kier alpha value is -1.80. The number of anilines is 1. The topological polar surface area (TPSA) is 29.3 Å². The van der Waals surface area contributed by atoms with Gasteiger partial charge in [-0.3, -0.25) is 0 Å². The van der Waals surface area contributed by atoms with Crippen LogP contribution >= 0.6 is 0 Å². The van der Waals surface area contributed by atoms with Gasteiger partial charge in [-0.25, -0.2) is 0 Å². The molecule has 0 radical (unpaired) electrons. The Bertz CT molecular complexity index is 532. The predicted octanol–water partition coefficient (Wildman–Crippen LogP) is 3.62. The summed E-state index contributed by atoms with van der Waals surface area (Å²) < 4.78 is 0. The van der Waals surface area contributed by atoms with Crippen molar-refractivity contribution in [2.24, 2.45) is 5.73 Å². The molecule has 3 rings (SSSR count). The van der Waals surface area contributed by atoms with Crippen LogP contribution in [0.1, 0.15) is 29.0 Å². The Morgan fingerprint density at radius 2 is 1.43 bits per heavy atom. The molecule has 1 heterocycles. The van der Waals surface area contributed by atoms with Crippen LogP contribution in [0, 0.1) is 13.8 Å². The maximum Gasteiger partial charge on any atom is 0.0367 e. The zero-order valence-corrected chi connectivity index (χ0v) is 12.9. The van der Waals surface area contributed by atoms with Gasteiger partial charge in [-0.05, 0) is 38.0 Å². The summed E-state index contributed by atoms with van der Waals surface area (Å²) in [5, 5.41) is 0. The lowest BCUT2D eigenvalue weighted by atomic mass is 9.87. The number of piperidine rings is 1. The molecule has 2 unspecified atom stereocenters. The molecule has 0 amide bonds. The van der Waals surface area contributed by atoms with Crippen molar-refractivity contribution < 1.29 is 0 Å². The molecule has 0 saturated carbocycles. The number of nitrogens with two attached hydrogens (primary N) is 1. The lowest BCUT2D eigenvalue weighted by Crippen LogP contribution is -2.46. The SMILES string of the molecule is Cc1ccc(C2CC(N)CN(c3ccc(C)cc3)C2)cc1. The van der Waals surface area contributed by atoms with Crippen LogP contribution in [0.25, 0.3) is 0 Å². The minimum atomic E-state index is 0.242. The van der Waals surface area contributed by atoms with E-state index < -0.39 is 0 Å². The fraction of sp³-hybridized carbons (Fsp3) is 0.368. The van der Waals surface area contributed by atoms with Crippen molar-refractivity contribution in [3.05, 3.63) is 65.2 Å². The molecule has 1 saturated heterocycles. The number of rotatable bonds is 2. The Balaban J connectivity index is 1.81. The van der Waals surface area contributed by atoms with Crippen molar-refractivity contribution in [1.82, 2.24) is 0 Å². The van der Waals surface area contributed by atoms with Gasteiger partial charge in [0.25, 0.3) is 0 Å². The fourth-order valence-corrected chi connectivity index (χ4v) is 3.18. The summed E-state index contributed by atoms with van der Waals surface area (Å²) in [4.78, 5) is 2.43. The van der Waals surface area contributed by atoms with Crippen LogP contribution in [0.3, 0.4) is 0 Å². The molecule has 1 aliphatic rings. The lowest BCUT2D eigenvalue weighted by Gasteiger charge is -2.38. The van der Waals surface area contributed by atoms with Crippen LogP contribution in [0.2, 0.25) is 0 Å². The van der Waals surface area contributed by atoms with Crippen molar-refractivity contribution in [3.63, 3.8) is 0 Å². The lowest BCUT2D eigenvalue weighted by molar-refractivity contribution is 0.454. The zero-order chi connectivity index (χ0) is 14.8. The van der Waals surface area contributed by atoms with Gasteiger partial charge in [-0.2, -0.15) is 0 Å². The summed E-state index contributed by atoms with van der Waals surface area (Å²) in [6.07, 6.45) is 1.07. The minimum Gasteiger partial charge on any atom is -0.369 e. The molecule has 2 nitrogen and oxygen atoms in total. The summed E-state index contributed by atoms with van der Waals surface area (Å²) in [5.74, 6) is 0.524. The van der Waals surface area contributed by atoms with Crippen molar-refractivity contribution in [2.75, 3.05) is 18.0 Å². The Labute approximate surface area is 127 Å². The molecular weight excluding hydrogens is 256 g/mol. The third-order valence-corrected chi connectivity index (χ3v) is 4.43. The van der Waals surface area contributed by atoms with Crippen molar-refractivity contribution in [2.45, 2.75) is 32.2 Å². The van der Waals surface area contributed by atoms with Crippen LogP contribution in [0.15, 0.2) is 48.5 Å². The molecule has 0 aliphatic carbocycles. The third kappa shape index (κ3) is 3.27. The molecule has 110 valence electrons. The quantitative estimate of drug-likeness (QED) is 0.910. The molecule has 2 aromatic carbocycles. The largest absolute Gasteiger partial charge is 0.369 e. The smallest absolute Gasteiger partial charge is 0.0367 e. The Morgan fingerprint density at radius 1 is 0.857 bits per heavy atom. The molecule has 21 heavy (non-hydrogen) atoms. The van der Waals surface area contributed by atoms with Gasteiger partial charge >= 0.3 is 0 Å². The van der Waals surface area contributed by atoms with Gasteiger partial charge in [0.2, 0.25) is 0 Å². The Kier molecular flexibility index (Phi) is 3.98. The molecule has 0 spiro atoms. The standard InChI is InChI=1S/C19H24N2/c1-14-3-7-16(8-4-14)17-11-18(20)13-21(12-17)19-9-5-15(2)6-10-19/h3-10,17-18H,11-13,20H2,1-2H3. The van der Waals surface area contributed by atoms with Crippen molar-refractivity contribution >= 4 is 5.69 Å². The van der Waals surface area contributed by atoms with E-state index in [0.717, 1.165) is 19.5 Å². The first-order valence-electron chi connectivity index (χ1n) is 7.75. The molecule has 0 bridgehead atoms. The maximum absolute atomic E-state index is 6.31. The van der Waals surface area contributed by atoms with Gasteiger partial charge < -0.3 is 10.6 Å². The number of aryl methyl sites for hydroxylation is 2. The summed E-state index contributed by atoms with van der Waals surface area (Å²) in [6, 6.07) is 17.9. The first-order valence-corrected chi connectivity index (χ1v) is 7.75. The maximum atomic E-state index is 6.31. The van der Waals surface area contributed by atoms with E-state index in [0.29, 0.717) is 5.92 Å². The average molecular weight is 280 g/mol. The number of hydrogen-bond donors (Lipinski definition) is 1. The second-order valence-electron chi connectivity index (χ2n) is 6.34. The highest BCUT2D eigenvalue weighted by atomic mass is 15.2. The average Bonchev–Trinajstić information content (AvgIpc) is 2.48. The van der Waals surface area contributed by atoms with E-state index in [1.54, 1.807) is 0 Å². The third-order valence-electron chi connectivity index (χ3n) is 4.43. The van der Waals surface area contributed by atoms with E-state index in [-0.39, 0.29) is 6.04 Å². The normalized spacial score (nSPS) is 22.3. The van der Waals surface area contributed by atoms with E-state index in [4.69, 9.17) is 5.73 Å². The monoisotopic (exact) mass is 280 g/mol. The van der Waals surface area contributed by atoms with Gasteiger partial charge in [0.1, 0.15) is 0 Å². The van der Waals surface area contributed by atoms with Crippen LogP contribution in [-0.4, -0.2) is 19.1 Å². The molecule has 2 N–H and O–H groups in total. The van der Waals surface area contributed by atoms with Crippen LogP contribution in [0.4, 0.5) is 5.69 Å². The highest BCUT2D eigenvalue weighted by Crippen LogP contribution is 2.29. The molecule has 2 aromatic rings. The van der Waals surface area contributed by atoms with Crippen LogP contribution in [0.5, 0.6) is 0 Å². The van der Waals surface area contributed by atoms with E-state index in [2.05, 4.69) is 67.3 Å². The molecule has 1 fully saturated rings. The summed E-state index contributed by atoms with van der Waals surface area (Å²) in [5.41, 5.74) is 11.6. The van der Waals surface area contributed by atoms with E-state index in [1.165, 1.54) is 22.4 Å². The summed E-state index contributed by atoms with van der Waals surface area (Å²) in [7, 11) is 0. The van der Waals surface area contributed by atoms with Crippen LogP contribution < -0.4 is 10.6 Å². The second kappa shape index (κ2) is 5.90.